The van der Waals surface area contributed by atoms with Crippen molar-refractivity contribution in [3.63, 3.8) is 0 Å². The third-order valence-electron chi connectivity index (χ3n) is 5.68. The number of hydrogen-bond acceptors (Lipinski definition) is 7. The number of H-pyrrole nitrogens is 1. The van der Waals surface area contributed by atoms with Crippen molar-refractivity contribution >= 4 is 32.1 Å². The van der Waals surface area contributed by atoms with Gasteiger partial charge in [-0.25, -0.2) is 8.42 Å². The first kappa shape index (κ1) is 19.7. The smallest absolute Gasteiger partial charge is 0.259 e. The SMILES string of the molecule is Cc1ccc(S(=O)(=O)c2nnn3c2[nH]c(=O)c2ccc(N4CCNCC4)cc23)c(C)c1. The van der Waals surface area contributed by atoms with Crippen molar-refractivity contribution in [2.45, 2.75) is 23.8 Å². The van der Waals surface area contributed by atoms with E-state index in [9.17, 15) is 13.2 Å². The van der Waals surface area contributed by atoms with E-state index in [0.717, 1.165) is 37.4 Å². The zero-order valence-electron chi connectivity index (χ0n) is 17.2. The monoisotopic (exact) mass is 438 g/mol. The van der Waals surface area contributed by atoms with Crippen molar-refractivity contribution in [3.8, 4) is 0 Å². The summed E-state index contributed by atoms with van der Waals surface area (Å²) in [6.45, 7) is 7.10. The zero-order chi connectivity index (χ0) is 21.8. The van der Waals surface area contributed by atoms with E-state index in [1.165, 1.54) is 4.52 Å². The summed E-state index contributed by atoms with van der Waals surface area (Å²) in [7, 11) is -3.97. The molecule has 0 saturated carbocycles. The van der Waals surface area contributed by atoms with Gasteiger partial charge in [-0.05, 0) is 43.7 Å². The number of sulfone groups is 1. The van der Waals surface area contributed by atoms with Crippen LogP contribution in [0.25, 0.3) is 16.6 Å². The number of aromatic amines is 1. The highest BCUT2D eigenvalue weighted by atomic mass is 32.2. The van der Waals surface area contributed by atoms with Gasteiger partial charge in [0.15, 0.2) is 5.65 Å². The highest BCUT2D eigenvalue weighted by Gasteiger charge is 2.28. The van der Waals surface area contributed by atoms with Gasteiger partial charge in [-0.15, -0.1) is 5.10 Å². The Labute approximate surface area is 178 Å². The standard InChI is InChI=1S/C21H22N6O3S/c1-13-3-6-18(14(2)11-13)31(29,30)21-19-23-20(28)16-5-4-15(26-9-7-22-8-10-26)12-17(16)27(19)25-24-21/h3-6,11-12,22H,7-10H2,1-2H3,(H,23,28). The number of nitrogens with one attached hydrogen (secondary N) is 2. The van der Waals surface area contributed by atoms with E-state index < -0.39 is 9.84 Å². The van der Waals surface area contributed by atoms with Gasteiger partial charge in [-0.2, -0.15) is 4.52 Å². The molecule has 0 radical (unpaired) electrons. The Kier molecular flexibility index (Phi) is 4.56. The third kappa shape index (κ3) is 3.19. The van der Waals surface area contributed by atoms with Crippen LogP contribution in [0, 0.1) is 13.8 Å². The Balaban J connectivity index is 1.72. The molecule has 0 amide bonds. The van der Waals surface area contributed by atoms with E-state index in [2.05, 4.69) is 25.5 Å². The largest absolute Gasteiger partial charge is 0.369 e. The van der Waals surface area contributed by atoms with Crippen LogP contribution in [0.2, 0.25) is 0 Å². The van der Waals surface area contributed by atoms with Gasteiger partial charge in [0.25, 0.3) is 5.56 Å². The minimum absolute atomic E-state index is 0.0648. The minimum Gasteiger partial charge on any atom is -0.369 e. The van der Waals surface area contributed by atoms with Gasteiger partial charge in [0.1, 0.15) is 0 Å². The molecule has 0 atom stereocenters. The predicted octanol–water partition coefficient (Wildman–Crippen LogP) is 1.43. The number of aryl methyl sites for hydroxylation is 2. The normalized spacial score (nSPS) is 15.1. The molecule has 2 aromatic heterocycles. The lowest BCUT2D eigenvalue weighted by molar-refractivity contribution is 0.589. The van der Waals surface area contributed by atoms with E-state index in [1.54, 1.807) is 31.2 Å². The minimum atomic E-state index is -3.97. The van der Waals surface area contributed by atoms with E-state index >= 15 is 0 Å². The van der Waals surface area contributed by atoms with Crippen LogP contribution >= 0.6 is 0 Å². The maximum atomic E-state index is 13.3. The number of anilines is 1. The Hall–Kier alpha value is -3.24. The molecule has 0 bridgehead atoms. The number of fused-ring (bicyclic) bond motifs is 3. The molecule has 160 valence electrons. The number of rotatable bonds is 3. The fourth-order valence-corrected chi connectivity index (χ4v) is 5.59. The second kappa shape index (κ2) is 7.17. The molecular formula is C21H22N6O3S. The van der Waals surface area contributed by atoms with Crippen molar-refractivity contribution in [2.24, 2.45) is 0 Å². The van der Waals surface area contributed by atoms with E-state index in [1.807, 2.05) is 19.1 Å². The van der Waals surface area contributed by atoms with E-state index in [4.69, 9.17) is 0 Å². The predicted molar refractivity (Wildman–Crippen MR) is 118 cm³/mol. The summed E-state index contributed by atoms with van der Waals surface area (Å²) in [6.07, 6.45) is 0. The second-order valence-corrected chi connectivity index (χ2v) is 9.65. The molecule has 5 rings (SSSR count). The van der Waals surface area contributed by atoms with Crippen molar-refractivity contribution in [3.05, 3.63) is 57.9 Å². The van der Waals surface area contributed by atoms with Gasteiger partial charge < -0.3 is 15.2 Å². The second-order valence-electron chi connectivity index (χ2n) is 7.82. The highest BCUT2D eigenvalue weighted by Crippen LogP contribution is 2.27. The summed E-state index contributed by atoms with van der Waals surface area (Å²) >= 11 is 0. The lowest BCUT2D eigenvalue weighted by Crippen LogP contribution is -2.43. The van der Waals surface area contributed by atoms with Gasteiger partial charge in [-0.3, -0.25) is 4.79 Å². The first-order valence-electron chi connectivity index (χ1n) is 10.1. The van der Waals surface area contributed by atoms with Crippen molar-refractivity contribution in [1.29, 1.82) is 0 Å². The molecule has 2 aromatic carbocycles. The number of nitrogens with zero attached hydrogens (tertiary/aromatic N) is 4. The maximum absolute atomic E-state index is 13.3. The van der Waals surface area contributed by atoms with Crippen molar-refractivity contribution in [2.75, 3.05) is 31.1 Å². The Morgan fingerprint density at radius 1 is 1.03 bits per heavy atom. The van der Waals surface area contributed by atoms with Crippen LogP contribution in [0.4, 0.5) is 5.69 Å². The summed E-state index contributed by atoms with van der Waals surface area (Å²) in [5.41, 5.74) is 2.73. The summed E-state index contributed by atoms with van der Waals surface area (Å²) < 4.78 is 28.1. The lowest BCUT2D eigenvalue weighted by Gasteiger charge is -2.29. The molecule has 1 aliphatic rings. The molecule has 0 unspecified atom stereocenters. The summed E-state index contributed by atoms with van der Waals surface area (Å²) in [5, 5.41) is 11.5. The van der Waals surface area contributed by atoms with Gasteiger partial charge in [-0.1, -0.05) is 22.9 Å². The van der Waals surface area contributed by atoms with Crippen LogP contribution in [0.1, 0.15) is 11.1 Å². The lowest BCUT2D eigenvalue weighted by atomic mass is 10.2. The highest BCUT2D eigenvalue weighted by molar-refractivity contribution is 7.91. The van der Waals surface area contributed by atoms with Crippen LogP contribution in [0.3, 0.4) is 0 Å². The zero-order valence-corrected chi connectivity index (χ0v) is 18.0. The Bertz CT molecular complexity index is 1480. The van der Waals surface area contributed by atoms with Crippen molar-refractivity contribution in [1.82, 2.24) is 25.1 Å². The topological polar surface area (TPSA) is 112 Å². The molecule has 1 saturated heterocycles. The molecule has 0 spiro atoms. The van der Waals surface area contributed by atoms with E-state index in [-0.39, 0.29) is 21.1 Å². The fourth-order valence-electron chi connectivity index (χ4n) is 4.11. The molecule has 10 heteroatoms. The Morgan fingerprint density at radius 3 is 2.55 bits per heavy atom. The number of hydrogen-bond donors (Lipinski definition) is 2. The average molecular weight is 439 g/mol. The molecule has 3 heterocycles. The van der Waals surface area contributed by atoms with Gasteiger partial charge in [0.2, 0.25) is 14.9 Å². The summed E-state index contributed by atoms with van der Waals surface area (Å²) in [4.78, 5) is 17.8. The van der Waals surface area contributed by atoms with Crippen LogP contribution in [-0.4, -0.2) is 54.4 Å². The summed E-state index contributed by atoms with van der Waals surface area (Å²) in [5.74, 6) is 0. The molecule has 1 aliphatic heterocycles. The molecule has 9 nitrogen and oxygen atoms in total. The van der Waals surface area contributed by atoms with Crippen LogP contribution in [-0.2, 0) is 9.84 Å². The van der Waals surface area contributed by atoms with E-state index in [0.29, 0.717) is 16.5 Å². The first-order chi connectivity index (χ1) is 14.9. The average Bonchev–Trinajstić information content (AvgIpc) is 3.19. The molecule has 31 heavy (non-hydrogen) atoms. The fraction of sp³-hybridized carbons (Fsp3) is 0.286. The third-order valence-corrected chi connectivity index (χ3v) is 7.50. The first-order valence-corrected chi connectivity index (χ1v) is 11.5. The number of aromatic nitrogens is 4. The van der Waals surface area contributed by atoms with Gasteiger partial charge >= 0.3 is 0 Å². The molecule has 1 fully saturated rings. The molecule has 0 aliphatic carbocycles. The van der Waals surface area contributed by atoms with Crippen molar-refractivity contribution < 1.29 is 8.42 Å². The quantitative estimate of drug-likeness (QED) is 0.498. The molecule has 4 aromatic rings. The molecule has 2 N–H and O–H groups in total. The van der Waals surface area contributed by atoms with Crippen LogP contribution in [0.5, 0.6) is 0 Å². The van der Waals surface area contributed by atoms with Crippen LogP contribution < -0.4 is 15.8 Å². The summed E-state index contributed by atoms with van der Waals surface area (Å²) in [6, 6.07) is 10.6. The van der Waals surface area contributed by atoms with Gasteiger partial charge in [0.05, 0.1) is 15.8 Å². The number of piperazine rings is 1. The number of benzene rings is 2. The van der Waals surface area contributed by atoms with Gasteiger partial charge in [0, 0.05) is 31.9 Å². The Morgan fingerprint density at radius 2 is 1.81 bits per heavy atom. The van der Waals surface area contributed by atoms with Crippen LogP contribution in [0.15, 0.2) is 51.1 Å². The maximum Gasteiger partial charge on any atom is 0.259 e. The molecular weight excluding hydrogens is 416 g/mol.